The number of hydrogen-bond acceptors (Lipinski definition) is 4. The Morgan fingerprint density at radius 1 is 1.00 bits per heavy atom. The lowest BCUT2D eigenvalue weighted by Gasteiger charge is -2.42. The number of benzene rings is 2. The monoisotopic (exact) mass is 490 g/mol. The maximum Gasteiger partial charge on any atom is 0.326 e. The van der Waals surface area contributed by atoms with Crippen molar-refractivity contribution in [3.05, 3.63) is 48.0 Å². The molecule has 0 aromatic heterocycles. The molecule has 2 saturated heterocycles. The van der Waals surface area contributed by atoms with E-state index in [9.17, 15) is 14.4 Å². The number of rotatable bonds is 5. The molecule has 5 rings (SSSR count). The first-order valence-electron chi connectivity index (χ1n) is 13.4. The zero-order valence-corrected chi connectivity index (χ0v) is 21.8. The highest BCUT2D eigenvalue weighted by Crippen LogP contribution is 2.45. The average molecular weight is 491 g/mol. The molecule has 1 N–H and O–H groups in total. The van der Waals surface area contributed by atoms with Crippen LogP contribution in [0.15, 0.2) is 42.5 Å². The van der Waals surface area contributed by atoms with E-state index in [-0.39, 0.29) is 29.9 Å². The number of hydrogen-bond donors (Lipinski definition) is 1. The van der Waals surface area contributed by atoms with Gasteiger partial charge in [-0.1, -0.05) is 57.5 Å². The molecule has 3 aliphatic rings. The molecule has 1 saturated carbocycles. The van der Waals surface area contributed by atoms with Crippen molar-refractivity contribution in [3.8, 4) is 0 Å². The molecule has 0 atom stereocenters. The minimum atomic E-state index is -0.731. The van der Waals surface area contributed by atoms with Gasteiger partial charge in [-0.3, -0.25) is 14.5 Å². The van der Waals surface area contributed by atoms with Gasteiger partial charge in [0.2, 0.25) is 0 Å². The molecule has 2 aliphatic heterocycles. The van der Waals surface area contributed by atoms with E-state index in [1.165, 1.54) is 4.90 Å². The average Bonchev–Trinajstić information content (AvgIpc) is 3.12. The van der Waals surface area contributed by atoms with Crippen LogP contribution >= 0.6 is 0 Å². The van der Waals surface area contributed by atoms with E-state index >= 15 is 0 Å². The number of imide groups is 1. The molecule has 7 nitrogen and oxygen atoms in total. The normalized spacial score (nSPS) is 25.6. The van der Waals surface area contributed by atoms with Crippen LogP contribution in [0.5, 0.6) is 0 Å². The first kappa shape index (κ1) is 24.8. The summed E-state index contributed by atoms with van der Waals surface area (Å²) in [4.78, 5) is 44.7. The van der Waals surface area contributed by atoms with Gasteiger partial charge < -0.3 is 10.2 Å². The Labute approximate surface area is 213 Å². The van der Waals surface area contributed by atoms with Gasteiger partial charge in [0.25, 0.3) is 11.8 Å². The fraction of sp³-hybridized carbons (Fsp3) is 0.552. The second kappa shape index (κ2) is 9.51. The van der Waals surface area contributed by atoms with Crippen molar-refractivity contribution in [2.45, 2.75) is 58.4 Å². The third-order valence-electron chi connectivity index (χ3n) is 9.10. The van der Waals surface area contributed by atoms with Crippen LogP contribution in [0.3, 0.4) is 0 Å². The van der Waals surface area contributed by atoms with Crippen molar-refractivity contribution >= 4 is 28.6 Å². The molecule has 0 unspecified atom stereocenters. The van der Waals surface area contributed by atoms with Crippen LogP contribution in [-0.4, -0.2) is 70.9 Å². The van der Waals surface area contributed by atoms with E-state index < -0.39 is 5.54 Å². The Morgan fingerprint density at radius 3 is 2.33 bits per heavy atom. The third-order valence-corrected chi connectivity index (χ3v) is 9.10. The molecule has 0 radical (unpaired) electrons. The van der Waals surface area contributed by atoms with Crippen molar-refractivity contribution in [1.82, 2.24) is 20.0 Å². The summed E-state index contributed by atoms with van der Waals surface area (Å²) in [6.45, 7) is 9.55. The van der Waals surface area contributed by atoms with Crippen LogP contribution in [-0.2, 0) is 4.79 Å². The summed E-state index contributed by atoms with van der Waals surface area (Å²) in [5, 5.41) is 5.23. The summed E-state index contributed by atoms with van der Waals surface area (Å²) >= 11 is 0. The van der Waals surface area contributed by atoms with Gasteiger partial charge in [0.15, 0.2) is 0 Å². The van der Waals surface area contributed by atoms with E-state index in [2.05, 4.69) is 31.0 Å². The quantitative estimate of drug-likeness (QED) is 0.628. The highest BCUT2D eigenvalue weighted by molar-refractivity contribution is 6.07. The fourth-order valence-electron chi connectivity index (χ4n) is 6.12. The van der Waals surface area contributed by atoms with Crippen molar-refractivity contribution < 1.29 is 14.4 Å². The standard InChI is InChI=1S/C29H38N4O3/c1-4-28(2,3)24-11-13-29(14-12-24)26(35)33(27(36)30-29)20-31-15-17-32(18-16-31)25(34)23-10-9-21-7-5-6-8-22(21)19-23/h5-10,19,24H,4,11-18,20H2,1-3H3,(H,30,36). The molecule has 3 fully saturated rings. The Bertz CT molecular complexity index is 1160. The summed E-state index contributed by atoms with van der Waals surface area (Å²) in [5.41, 5.74) is 0.224. The number of carbonyl (C=O) groups excluding carboxylic acids is 3. The van der Waals surface area contributed by atoms with Gasteiger partial charge in [0, 0.05) is 31.7 Å². The number of carbonyl (C=O) groups is 3. The molecule has 36 heavy (non-hydrogen) atoms. The Morgan fingerprint density at radius 2 is 1.67 bits per heavy atom. The van der Waals surface area contributed by atoms with Gasteiger partial charge in [-0.15, -0.1) is 0 Å². The second-order valence-corrected chi connectivity index (χ2v) is 11.5. The third kappa shape index (κ3) is 4.49. The highest BCUT2D eigenvalue weighted by atomic mass is 16.2. The minimum absolute atomic E-state index is 0.0288. The maximum absolute atomic E-state index is 13.4. The van der Waals surface area contributed by atoms with Gasteiger partial charge in [-0.25, -0.2) is 9.69 Å². The Kier molecular flexibility index (Phi) is 6.54. The molecular weight excluding hydrogens is 452 g/mol. The summed E-state index contributed by atoms with van der Waals surface area (Å²) in [7, 11) is 0. The zero-order chi connectivity index (χ0) is 25.5. The molecule has 2 heterocycles. The van der Waals surface area contributed by atoms with E-state index in [1.54, 1.807) is 0 Å². The Balaban J connectivity index is 1.16. The van der Waals surface area contributed by atoms with Crippen LogP contribution in [0.2, 0.25) is 0 Å². The molecule has 7 heteroatoms. The topological polar surface area (TPSA) is 73.0 Å². The summed E-state index contributed by atoms with van der Waals surface area (Å²) < 4.78 is 0. The first-order valence-corrected chi connectivity index (χ1v) is 13.4. The van der Waals surface area contributed by atoms with Crippen LogP contribution in [0.4, 0.5) is 4.79 Å². The van der Waals surface area contributed by atoms with Crippen LogP contribution < -0.4 is 5.32 Å². The molecule has 0 bridgehead atoms. The van der Waals surface area contributed by atoms with E-state index in [1.807, 2.05) is 47.4 Å². The molecule has 2 aromatic rings. The largest absolute Gasteiger partial charge is 0.336 e. The second-order valence-electron chi connectivity index (χ2n) is 11.5. The van der Waals surface area contributed by atoms with Crippen molar-refractivity contribution in [3.63, 3.8) is 0 Å². The lowest BCUT2D eigenvalue weighted by Crippen LogP contribution is -2.53. The molecular formula is C29H38N4O3. The van der Waals surface area contributed by atoms with E-state index in [0.29, 0.717) is 37.7 Å². The smallest absolute Gasteiger partial charge is 0.326 e. The number of fused-ring (bicyclic) bond motifs is 1. The van der Waals surface area contributed by atoms with Crippen LogP contribution in [0, 0.1) is 11.3 Å². The van der Waals surface area contributed by atoms with Gasteiger partial charge in [0.05, 0.1) is 6.67 Å². The van der Waals surface area contributed by atoms with Gasteiger partial charge in [-0.05, 0) is 59.9 Å². The predicted molar refractivity (Wildman–Crippen MR) is 140 cm³/mol. The molecule has 192 valence electrons. The SMILES string of the molecule is CCC(C)(C)C1CCC2(CC1)NC(=O)N(CN1CCN(C(=O)c3ccc4ccccc4c3)CC1)C2=O. The fourth-order valence-corrected chi connectivity index (χ4v) is 6.12. The van der Waals surface area contributed by atoms with Crippen LogP contribution in [0.1, 0.15) is 63.2 Å². The molecule has 1 spiro atoms. The number of urea groups is 1. The summed E-state index contributed by atoms with van der Waals surface area (Å²) in [6, 6.07) is 13.6. The lowest BCUT2D eigenvalue weighted by atomic mass is 9.65. The molecule has 2 aromatic carbocycles. The summed E-state index contributed by atoms with van der Waals surface area (Å²) in [5.74, 6) is 0.538. The Hall–Kier alpha value is -2.93. The first-order chi connectivity index (χ1) is 17.2. The van der Waals surface area contributed by atoms with E-state index in [0.717, 1.165) is 42.9 Å². The van der Waals surface area contributed by atoms with Crippen molar-refractivity contribution in [1.29, 1.82) is 0 Å². The number of amides is 4. The minimum Gasteiger partial charge on any atom is -0.336 e. The molecule has 1 aliphatic carbocycles. The van der Waals surface area contributed by atoms with Gasteiger partial charge >= 0.3 is 6.03 Å². The summed E-state index contributed by atoms with van der Waals surface area (Å²) in [6.07, 6.45) is 4.49. The van der Waals surface area contributed by atoms with Gasteiger partial charge in [0.1, 0.15) is 5.54 Å². The number of piperazine rings is 1. The van der Waals surface area contributed by atoms with Gasteiger partial charge in [-0.2, -0.15) is 0 Å². The number of nitrogens with one attached hydrogen (secondary N) is 1. The predicted octanol–water partition coefficient (Wildman–Crippen LogP) is 4.47. The highest BCUT2D eigenvalue weighted by Gasteiger charge is 2.53. The van der Waals surface area contributed by atoms with Crippen molar-refractivity contribution in [2.24, 2.45) is 11.3 Å². The lowest BCUT2D eigenvalue weighted by molar-refractivity contribution is -0.134. The number of nitrogens with zero attached hydrogens (tertiary/aromatic N) is 3. The van der Waals surface area contributed by atoms with Crippen molar-refractivity contribution in [2.75, 3.05) is 32.8 Å². The molecule has 4 amide bonds. The zero-order valence-electron chi connectivity index (χ0n) is 21.8. The van der Waals surface area contributed by atoms with E-state index in [4.69, 9.17) is 0 Å². The maximum atomic E-state index is 13.4. The van der Waals surface area contributed by atoms with Crippen LogP contribution in [0.25, 0.3) is 10.8 Å².